The zero-order chi connectivity index (χ0) is 19.8. The summed E-state index contributed by atoms with van der Waals surface area (Å²) in [6, 6.07) is 6.85. The van der Waals surface area contributed by atoms with Crippen LogP contribution in [-0.2, 0) is 16.6 Å². The minimum atomic E-state index is -0.913. The van der Waals surface area contributed by atoms with E-state index in [9.17, 15) is 19.2 Å². The summed E-state index contributed by atoms with van der Waals surface area (Å²) in [7, 11) is 1.42. The Hall–Kier alpha value is -2.88. The van der Waals surface area contributed by atoms with Crippen LogP contribution in [0.1, 0.15) is 25.7 Å². The minimum Gasteiger partial charge on any atom is -0.493 e. The van der Waals surface area contributed by atoms with Gasteiger partial charge in [0.1, 0.15) is 5.75 Å². The molecule has 0 saturated heterocycles. The molecule has 0 aliphatic carbocycles. The standard InChI is InChI=1S/C17H21N3O6S/c1-19-16(24)20(27-17(19)25)12-5-2-6-13(11-12)26-10-4-9-18-14(21)7-3-8-15(22)23/h2,5-6,11H,3-4,7-10H2,1H3,(H,18,21)(H,22,23). The second-order valence-electron chi connectivity index (χ2n) is 5.79. The van der Waals surface area contributed by atoms with Crippen molar-refractivity contribution in [3.05, 3.63) is 44.4 Å². The van der Waals surface area contributed by atoms with Gasteiger partial charge in [-0.05, 0) is 25.0 Å². The van der Waals surface area contributed by atoms with Gasteiger partial charge in [-0.25, -0.2) is 8.75 Å². The average molecular weight is 395 g/mol. The molecule has 0 atom stereocenters. The maximum absolute atomic E-state index is 12.0. The number of nitrogens with one attached hydrogen (secondary N) is 1. The summed E-state index contributed by atoms with van der Waals surface area (Å²) in [5.74, 6) is -0.546. The van der Waals surface area contributed by atoms with E-state index < -0.39 is 11.7 Å². The van der Waals surface area contributed by atoms with E-state index in [4.69, 9.17) is 9.84 Å². The lowest BCUT2D eigenvalue weighted by molar-refractivity contribution is -0.137. The first-order valence-corrected chi connectivity index (χ1v) is 9.17. The number of nitrogens with zero attached hydrogens (tertiary/aromatic N) is 2. The third-order valence-corrected chi connectivity index (χ3v) is 4.64. The molecule has 9 nitrogen and oxygen atoms in total. The summed E-state index contributed by atoms with van der Waals surface area (Å²) in [5, 5.41) is 11.2. The van der Waals surface area contributed by atoms with E-state index in [2.05, 4.69) is 5.32 Å². The highest BCUT2D eigenvalue weighted by Gasteiger charge is 2.09. The van der Waals surface area contributed by atoms with Gasteiger partial charge in [0.25, 0.3) is 0 Å². The first kappa shape index (κ1) is 20.4. The number of carbonyl (C=O) groups excluding carboxylic acids is 1. The van der Waals surface area contributed by atoms with Crippen LogP contribution in [0, 0.1) is 0 Å². The molecule has 2 aromatic rings. The van der Waals surface area contributed by atoms with Gasteiger partial charge in [-0.15, -0.1) is 0 Å². The maximum atomic E-state index is 12.0. The summed E-state index contributed by atoms with van der Waals surface area (Å²) >= 11 is 0.818. The average Bonchev–Trinajstić information content (AvgIpc) is 2.89. The Kier molecular flexibility index (Phi) is 7.35. The Morgan fingerprint density at radius 3 is 2.67 bits per heavy atom. The Morgan fingerprint density at radius 1 is 1.22 bits per heavy atom. The van der Waals surface area contributed by atoms with E-state index in [0.29, 0.717) is 37.4 Å². The van der Waals surface area contributed by atoms with Crippen molar-refractivity contribution in [3.8, 4) is 11.4 Å². The fourth-order valence-electron chi connectivity index (χ4n) is 2.23. The van der Waals surface area contributed by atoms with Gasteiger partial charge < -0.3 is 15.2 Å². The van der Waals surface area contributed by atoms with E-state index >= 15 is 0 Å². The number of hydrogen-bond acceptors (Lipinski definition) is 6. The third-order valence-electron chi connectivity index (χ3n) is 3.66. The second-order valence-corrected chi connectivity index (χ2v) is 6.69. The quantitative estimate of drug-likeness (QED) is 0.573. The molecule has 146 valence electrons. The van der Waals surface area contributed by atoms with Gasteiger partial charge in [-0.3, -0.25) is 19.0 Å². The maximum Gasteiger partial charge on any atom is 0.345 e. The molecule has 0 saturated carbocycles. The van der Waals surface area contributed by atoms with Gasteiger partial charge in [0.05, 0.1) is 12.3 Å². The molecular weight excluding hydrogens is 374 g/mol. The predicted molar refractivity (Wildman–Crippen MR) is 99.8 cm³/mol. The van der Waals surface area contributed by atoms with Crippen molar-refractivity contribution in [3.63, 3.8) is 0 Å². The van der Waals surface area contributed by atoms with Crippen LogP contribution in [0.25, 0.3) is 5.69 Å². The van der Waals surface area contributed by atoms with Crippen molar-refractivity contribution in [2.75, 3.05) is 13.2 Å². The molecule has 2 rings (SSSR count). The van der Waals surface area contributed by atoms with E-state index in [1.54, 1.807) is 24.3 Å². The van der Waals surface area contributed by atoms with Crippen LogP contribution in [-0.4, -0.2) is 38.7 Å². The van der Waals surface area contributed by atoms with Crippen LogP contribution in [0.4, 0.5) is 0 Å². The molecule has 0 bridgehead atoms. The Bertz CT molecular complexity index is 914. The molecular formula is C17H21N3O6S. The molecule has 1 aromatic heterocycles. The Labute approximate surface area is 159 Å². The van der Waals surface area contributed by atoms with E-state index in [1.165, 1.54) is 11.0 Å². The van der Waals surface area contributed by atoms with Crippen LogP contribution in [0.2, 0.25) is 0 Å². The molecule has 2 N–H and O–H groups in total. The lowest BCUT2D eigenvalue weighted by Crippen LogP contribution is -2.25. The summed E-state index contributed by atoms with van der Waals surface area (Å²) in [6.07, 6.45) is 1.05. The molecule has 0 fully saturated rings. The molecule has 0 radical (unpaired) electrons. The number of ether oxygens (including phenoxy) is 1. The molecule has 0 aliphatic heterocycles. The summed E-state index contributed by atoms with van der Waals surface area (Å²) < 4.78 is 7.95. The molecule has 0 aliphatic rings. The number of hydrogen-bond donors (Lipinski definition) is 2. The fraction of sp³-hybridized carbons (Fsp3) is 0.412. The van der Waals surface area contributed by atoms with Crippen molar-refractivity contribution in [1.82, 2.24) is 13.8 Å². The lowest BCUT2D eigenvalue weighted by Gasteiger charge is -2.08. The van der Waals surface area contributed by atoms with Gasteiger partial charge in [0.2, 0.25) is 5.91 Å². The monoisotopic (exact) mass is 395 g/mol. The predicted octanol–water partition coefficient (Wildman–Crippen LogP) is 0.738. The number of carbonyl (C=O) groups is 2. The van der Waals surface area contributed by atoms with Crippen molar-refractivity contribution in [2.24, 2.45) is 7.05 Å². The van der Waals surface area contributed by atoms with Gasteiger partial charge in [0, 0.05) is 44.0 Å². The van der Waals surface area contributed by atoms with E-state index in [-0.39, 0.29) is 23.6 Å². The molecule has 10 heteroatoms. The number of rotatable bonds is 10. The van der Waals surface area contributed by atoms with Gasteiger partial charge in [-0.1, -0.05) is 6.07 Å². The highest BCUT2D eigenvalue weighted by molar-refractivity contribution is 7.03. The normalized spacial score (nSPS) is 10.6. The summed E-state index contributed by atoms with van der Waals surface area (Å²) in [5.41, 5.74) is 0.139. The molecule has 0 unspecified atom stereocenters. The minimum absolute atomic E-state index is 0.0218. The highest BCUT2D eigenvalue weighted by atomic mass is 32.1. The molecule has 1 amide bonds. The van der Waals surface area contributed by atoms with Crippen molar-refractivity contribution >= 4 is 23.4 Å². The Balaban J connectivity index is 1.78. The number of aromatic nitrogens is 2. The van der Waals surface area contributed by atoms with Crippen LogP contribution in [0.3, 0.4) is 0 Å². The molecule has 1 heterocycles. The smallest absolute Gasteiger partial charge is 0.345 e. The molecule has 1 aromatic carbocycles. The second kappa shape index (κ2) is 9.72. The van der Waals surface area contributed by atoms with Crippen LogP contribution in [0.15, 0.2) is 33.9 Å². The molecule has 27 heavy (non-hydrogen) atoms. The number of benzene rings is 1. The van der Waals surface area contributed by atoms with Crippen molar-refractivity contribution in [1.29, 1.82) is 0 Å². The van der Waals surface area contributed by atoms with Gasteiger partial charge in [0.15, 0.2) is 0 Å². The highest BCUT2D eigenvalue weighted by Crippen LogP contribution is 2.16. The zero-order valence-corrected chi connectivity index (χ0v) is 15.7. The van der Waals surface area contributed by atoms with Crippen molar-refractivity contribution in [2.45, 2.75) is 25.7 Å². The fourth-order valence-corrected chi connectivity index (χ4v) is 3.01. The third kappa shape index (κ3) is 6.10. The number of carboxylic acid groups (broad SMARTS) is 1. The van der Waals surface area contributed by atoms with E-state index in [0.717, 1.165) is 16.1 Å². The zero-order valence-electron chi connectivity index (χ0n) is 14.8. The van der Waals surface area contributed by atoms with Crippen LogP contribution < -0.4 is 20.6 Å². The Morgan fingerprint density at radius 2 is 2.00 bits per heavy atom. The van der Waals surface area contributed by atoms with Gasteiger partial charge >= 0.3 is 16.5 Å². The van der Waals surface area contributed by atoms with Gasteiger partial charge in [-0.2, -0.15) is 0 Å². The number of carboxylic acids is 1. The topological polar surface area (TPSA) is 120 Å². The van der Waals surface area contributed by atoms with Crippen LogP contribution in [0.5, 0.6) is 5.75 Å². The van der Waals surface area contributed by atoms with Crippen LogP contribution >= 0.6 is 11.5 Å². The first-order chi connectivity index (χ1) is 12.9. The van der Waals surface area contributed by atoms with Crippen molar-refractivity contribution < 1.29 is 19.4 Å². The van der Waals surface area contributed by atoms with E-state index in [1.807, 2.05) is 0 Å². The molecule has 0 spiro atoms. The summed E-state index contributed by atoms with van der Waals surface area (Å²) in [4.78, 5) is 45.1. The lowest BCUT2D eigenvalue weighted by atomic mass is 10.2. The number of aliphatic carboxylic acids is 1. The summed E-state index contributed by atoms with van der Waals surface area (Å²) in [6.45, 7) is 0.782. The largest absolute Gasteiger partial charge is 0.493 e. The first-order valence-electron chi connectivity index (χ1n) is 8.39. The number of amides is 1. The SMILES string of the molecule is Cn1c(=O)sn(-c2cccc(OCCCNC(=O)CCCC(=O)O)c2)c1=O.